The molecule has 6 heteroatoms. The van der Waals surface area contributed by atoms with Gasteiger partial charge in [-0.15, -0.1) is 10.2 Å². The predicted octanol–water partition coefficient (Wildman–Crippen LogP) is 1.03. The molecular weight excluding hydrogens is 242 g/mol. The van der Waals surface area contributed by atoms with Crippen LogP contribution in [-0.2, 0) is 13.5 Å². The molecule has 2 aromatic heterocycles. The molecule has 0 spiro atoms. The molecule has 3 rings (SSSR count). The SMILES string of the molecule is Cn1nnc(CC(O)c2cncc3ccccc23)n1. The molecule has 0 saturated heterocycles. The Balaban J connectivity index is 1.95. The van der Waals surface area contributed by atoms with Crippen molar-refractivity contribution >= 4 is 10.8 Å². The van der Waals surface area contributed by atoms with Gasteiger partial charge in [0.2, 0.25) is 0 Å². The highest BCUT2D eigenvalue weighted by Crippen LogP contribution is 2.24. The summed E-state index contributed by atoms with van der Waals surface area (Å²) in [7, 11) is 1.70. The lowest BCUT2D eigenvalue weighted by atomic mass is 10.0. The van der Waals surface area contributed by atoms with E-state index in [1.807, 2.05) is 24.3 Å². The number of aromatic nitrogens is 5. The van der Waals surface area contributed by atoms with Crippen molar-refractivity contribution in [3.8, 4) is 0 Å². The Morgan fingerprint density at radius 1 is 1.26 bits per heavy atom. The summed E-state index contributed by atoms with van der Waals surface area (Å²) >= 11 is 0. The number of aliphatic hydroxyl groups excluding tert-OH is 1. The summed E-state index contributed by atoms with van der Waals surface area (Å²) in [6, 6.07) is 7.84. The fourth-order valence-corrected chi connectivity index (χ4v) is 2.09. The van der Waals surface area contributed by atoms with Crippen LogP contribution in [0.3, 0.4) is 0 Å². The van der Waals surface area contributed by atoms with Crippen LogP contribution in [0.1, 0.15) is 17.5 Å². The Labute approximate surface area is 109 Å². The van der Waals surface area contributed by atoms with Crippen LogP contribution in [0.4, 0.5) is 0 Å². The molecule has 1 atom stereocenters. The largest absolute Gasteiger partial charge is 0.388 e. The van der Waals surface area contributed by atoms with Crippen LogP contribution >= 0.6 is 0 Å². The summed E-state index contributed by atoms with van der Waals surface area (Å²) < 4.78 is 0. The third-order valence-corrected chi connectivity index (χ3v) is 2.98. The molecule has 0 aliphatic heterocycles. The minimum absolute atomic E-state index is 0.323. The highest BCUT2D eigenvalue weighted by molar-refractivity contribution is 5.84. The molecule has 1 N–H and O–H groups in total. The number of hydrogen-bond donors (Lipinski definition) is 1. The number of fused-ring (bicyclic) bond motifs is 1. The molecule has 1 aromatic carbocycles. The Bertz CT molecular complexity index is 704. The molecule has 0 amide bonds. The van der Waals surface area contributed by atoms with E-state index in [0.717, 1.165) is 16.3 Å². The van der Waals surface area contributed by atoms with Gasteiger partial charge in [0.1, 0.15) is 0 Å². The summed E-state index contributed by atoms with van der Waals surface area (Å²) in [4.78, 5) is 5.54. The molecule has 19 heavy (non-hydrogen) atoms. The van der Waals surface area contributed by atoms with E-state index in [4.69, 9.17) is 0 Å². The van der Waals surface area contributed by atoms with Gasteiger partial charge < -0.3 is 5.11 Å². The zero-order chi connectivity index (χ0) is 13.2. The van der Waals surface area contributed by atoms with Gasteiger partial charge in [0.15, 0.2) is 5.82 Å². The lowest BCUT2D eigenvalue weighted by molar-refractivity contribution is 0.177. The number of aliphatic hydroxyl groups is 1. The average Bonchev–Trinajstić information content (AvgIpc) is 2.83. The standard InChI is InChI=1S/C13H13N5O/c1-18-16-13(15-17-18)6-12(19)11-8-14-7-9-4-2-3-5-10(9)11/h2-5,7-8,12,19H,6H2,1H3. The van der Waals surface area contributed by atoms with E-state index < -0.39 is 6.10 Å². The van der Waals surface area contributed by atoms with E-state index in [1.165, 1.54) is 4.80 Å². The number of aryl methyl sites for hydroxylation is 1. The van der Waals surface area contributed by atoms with Crippen LogP contribution in [-0.4, -0.2) is 30.3 Å². The second-order valence-electron chi connectivity index (χ2n) is 4.36. The quantitative estimate of drug-likeness (QED) is 0.756. The fraction of sp³-hybridized carbons (Fsp3) is 0.231. The van der Waals surface area contributed by atoms with Crippen molar-refractivity contribution in [3.63, 3.8) is 0 Å². The van der Waals surface area contributed by atoms with E-state index in [0.29, 0.717) is 12.2 Å². The van der Waals surface area contributed by atoms with Crippen LogP contribution in [0.25, 0.3) is 10.8 Å². The number of hydrogen-bond acceptors (Lipinski definition) is 5. The maximum Gasteiger partial charge on any atom is 0.177 e. The first-order valence-corrected chi connectivity index (χ1v) is 5.97. The Kier molecular flexibility index (Phi) is 2.92. The Morgan fingerprint density at radius 2 is 2.11 bits per heavy atom. The third kappa shape index (κ3) is 2.30. The normalized spacial score (nSPS) is 12.7. The second kappa shape index (κ2) is 4.74. The van der Waals surface area contributed by atoms with Crippen molar-refractivity contribution in [2.75, 3.05) is 0 Å². The second-order valence-corrected chi connectivity index (χ2v) is 4.36. The molecule has 96 valence electrons. The van der Waals surface area contributed by atoms with Gasteiger partial charge in [0, 0.05) is 29.8 Å². The number of benzene rings is 1. The van der Waals surface area contributed by atoms with Crippen molar-refractivity contribution in [2.45, 2.75) is 12.5 Å². The van der Waals surface area contributed by atoms with Gasteiger partial charge in [0.25, 0.3) is 0 Å². The maximum atomic E-state index is 10.3. The van der Waals surface area contributed by atoms with Crippen LogP contribution in [0.2, 0.25) is 0 Å². The van der Waals surface area contributed by atoms with Crippen LogP contribution in [0.5, 0.6) is 0 Å². The first kappa shape index (κ1) is 11.7. The average molecular weight is 255 g/mol. The topological polar surface area (TPSA) is 76.7 Å². The zero-order valence-corrected chi connectivity index (χ0v) is 10.4. The van der Waals surface area contributed by atoms with Gasteiger partial charge in [-0.1, -0.05) is 24.3 Å². The molecular formula is C13H13N5O. The minimum atomic E-state index is -0.692. The van der Waals surface area contributed by atoms with Crippen LogP contribution in [0.15, 0.2) is 36.7 Å². The first-order chi connectivity index (χ1) is 9.24. The first-order valence-electron chi connectivity index (χ1n) is 5.97. The molecule has 0 aliphatic rings. The van der Waals surface area contributed by atoms with E-state index >= 15 is 0 Å². The van der Waals surface area contributed by atoms with E-state index in [9.17, 15) is 5.11 Å². The Hall–Kier alpha value is -2.34. The lowest BCUT2D eigenvalue weighted by Crippen LogP contribution is -2.05. The molecule has 0 aliphatic carbocycles. The number of pyridine rings is 1. The molecule has 0 fully saturated rings. The summed E-state index contributed by atoms with van der Waals surface area (Å²) in [6.45, 7) is 0. The van der Waals surface area contributed by atoms with Gasteiger partial charge in [0.05, 0.1) is 13.2 Å². The van der Waals surface area contributed by atoms with Crippen molar-refractivity contribution in [3.05, 3.63) is 48.0 Å². The van der Waals surface area contributed by atoms with Crippen molar-refractivity contribution in [1.29, 1.82) is 0 Å². The minimum Gasteiger partial charge on any atom is -0.388 e. The Morgan fingerprint density at radius 3 is 2.89 bits per heavy atom. The van der Waals surface area contributed by atoms with E-state index in [-0.39, 0.29) is 0 Å². The predicted molar refractivity (Wildman–Crippen MR) is 69.2 cm³/mol. The summed E-state index contributed by atoms with van der Waals surface area (Å²) in [5, 5.41) is 24.0. The zero-order valence-electron chi connectivity index (χ0n) is 10.4. The van der Waals surface area contributed by atoms with E-state index in [2.05, 4.69) is 20.4 Å². The number of tetrazole rings is 1. The van der Waals surface area contributed by atoms with Crippen molar-refractivity contribution in [1.82, 2.24) is 25.2 Å². The monoisotopic (exact) mass is 255 g/mol. The maximum absolute atomic E-state index is 10.3. The van der Waals surface area contributed by atoms with Gasteiger partial charge in [-0.3, -0.25) is 4.98 Å². The van der Waals surface area contributed by atoms with Gasteiger partial charge in [-0.25, -0.2) is 0 Å². The molecule has 3 aromatic rings. The number of rotatable bonds is 3. The van der Waals surface area contributed by atoms with Crippen LogP contribution < -0.4 is 0 Å². The number of nitrogens with zero attached hydrogens (tertiary/aromatic N) is 5. The van der Waals surface area contributed by atoms with Gasteiger partial charge in [-0.05, 0) is 10.6 Å². The molecule has 0 bridgehead atoms. The lowest BCUT2D eigenvalue weighted by Gasteiger charge is -2.11. The van der Waals surface area contributed by atoms with Gasteiger partial charge >= 0.3 is 0 Å². The highest BCUT2D eigenvalue weighted by atomic mass is 16.3. The van der Waals surface area contributed by atoms with Crippen molar-refractivity contribution < 1.29 is 5.11 Å². The van der Waals surface area contributed by atoms with Crippen LogP contribution in [0, 0.1) is 0 Å². The summed E-state index contributed by atoms with van der Waals surface area (Å²) in [5.41, 5.74) is 0.783. The molecule has 6 nitrogen and oxygen atoms in total. The third-order valence-electron chi connectivity index (χ3n) is 2.98. The van der Waals surface area contributed by atoms with Crippen molar-refractivity contribution in [2.24, 2.45) is 7.05 Å². The summed E-state index contributed by atoms with van der Waals surface area (Å²) in [5.74, 6) is 0.517. The molecule has 0 saturated carbocycles. The highest BCUT2D eigenvalue weighted by Gasteiger charge is 2.15. The molecule has 2 heterocycles. The molecule has 1 unspecified atom stereocenters. The van der Waals surface area contributed by atoms with E-state index in [1.54, 1.807) is 19.4 Å². The fourth-order valence-electron chi connectivity index (χ4n) is 2.09. The molecule has 0 radical (unpaired) electrons. The summed E-state index contributed by atoms with van der Waals surface area (Å²) in [6.07, 6.45) is 3.10. The van der Waals surface area contributed by atoms with Gasteiger partial charge in [-0.2, -0.15) is 4.80 Å². The smallest absolute Gasteiger partial charge is 0.177 e.